The normalized spacial score (nSPS) is 11.4. The third kappa shape index (κ3) is 14.0. The van der Waals surface area contributed by atoms with Gasteiger partial charge >= 0.3 is 16.9 Å². The van der Waals surface area contributed by atoms with E-state index >= 15 is 0 Å². The summed E-state index contributed by atoms with van der Waals surface area (Å²) in [6.45, 7) is 0. The molecule has 24 rings (SSSR count). The molecule has 126 heavy (non-hydrogen) atoms. The highest BCUT2D eigenvalue weighted by Crippen LogP contribution is 2.33. The van der Waals surface area contributed by atoms with Crippen molar-refractivity contribution in [2.45, 2.75) is 0 Å². The third-order valence-corrected chi connectivity index (χ3v) is 23.6. The van der Waals surface area contributed by atoms with Gasteiger partial charge in [0.2, 0.25) is 19.0 Å². The fourth-order valence-corrected chi connectivity index (χ4v) is 17.5. The zero-order valence-corrected chi connectivity index (χ0v) is 70.2. The summed E-state index contributed by atoms with van der Waals surface area (Å²) in [6.07, 6.45) is 20.5. The van der Waals surface area contributed by atoms with Crippen LogP contribution in [0.5, 0.6) is 0 Å². The van der Waals surface area contributed by atoms with E-state index in [0.717, 1.165) is 123 Å². The number of aromatic nitrogens is 19. The Morgan fingerprint density at radius 2 is 0.556 bits per heavy atom. The summed E-state index contributed by atoms with van der Waals surface area (Å²) >= 11 is 0. The van der Waals surface area contributed by atoms with Crippen molar-refractivity contribution in [2.24, 2.45) is 42.3 Å². The van der Waals surface area contributed by atoms with Crippen molar-refractivity contribution in [1.29, 1.82) is 5.26 Å². The molecule has 13 aromatic carbocycles. The van der Waals surface area contributed by atoms with E-state index in [9.17, 15) is 5.26 Å². The Morgan fingerprint density at radius 1 is 0.238 bits per heavy atom. The van der Waals surface area contributed by atoms with Gasteiger partial charge in [-0.3, -0.25) is 0 Å². The van der Waals surface area contributed by atoms with Crippen LogP contribution in [-0.4, -0.2) is 51.5 Å². The van der Waals surface area contributed by atoms with Crippen LogP contribution < -0.4 is 36.5 Å². The molecule has 0 aliphatic rings. The predicted molar refractivity (Wildman–Crippen MR) is 492 cm³/mol. The molecule has 0 amide bonds. The molecule has 0 spiro atoms. The van der Waals surface area contributed by atoms with E-state index in [1.165, 1.54) is 44.2 Å². The standard InChI is InChI=1S/C33H23N5.C28H24N4.C25H21N5.C20H18N6/c34-22-25-19-28(37-23-35(26-11-3-1-4-12-26)30-15-7-9-17-32(30)37)21-29(20-25)38-24-36(27-13-5-2-6-14-27)31-16-8-10-18-33(31)38;1-29-19-31(27-14-8-6-12-25(27)29)23-16-22(21-10-4-3-5-11-21)17-24(18-23)32-20-30(2)26-13-7-9-15-28(26)32;1-27-16-29(23-13-6-5-12-22(23)27)19-9-7-10-20(15-19)30-17-28(2)25-24(30)14-18-8-3-4-11-21(18)26-25;1-23-13-25(17-8-4-10-21-19(17)23)15-6-3-7-16(12-15)26-14-24(2)20-18(26)9-5-11-22-20/h1-21,23-24H;3-20H,1-2H3;3-17H,1-2H3;3-14H,1-2H3/q4*+2. The first-order valence-electron chi connectivity index (χ1n) is 41.8. The van der Waals surface area contributed by atoms with Crippen molar-refractivity contribution < 1.29 is 36.5 Å². The number of nitrogens with zero attached hydrogens (tertiary/aromatic N) is 20. The predicted octanol–water partition coefficient (Wildman–Crippen LogP) is 16.7. The Balaban J connectivity index is 0.000000103. The molecule has 0 unspecified atom stereocenters. The highest BCUT2D eigenvalue weighted by atomic mass is 15.2. The number of para-hydroxylation sites is 13. The fraction of sp³-hybridized carbons (Fsp3) is 0.0566. The molecular weight excluding hydrogens is 1550 g/mol. The third-order valence-electron chi connectivity index (χ3n) is 23.6. The summed E-state index contributed by atoms with van der Waals surface area (Å²) < 4.78 is 34.7. The van der Waals surface area contributed by atoms with Crippen LogP contribution in [0.2, 0.25) is 0 Å². The average Bonchev–Trinajstić information content (AvgIpc) is 1.60. The monoisotopic (exact) mass is 1640 g/mol. The van der Waals surface area contributed by atoms with Crippen molar-refractivity contribution in [3.8, 4) is 74.1 Å². The summed E-state index contributed by atoms with van der Waals surface area (Å²) in [5.74, 6) is 0. The van der Waals surface area contributed by atoms with Gasteiger partial charge in [-0.05, 0) is 169 Å². The van der Waals surface area contributed by atoms with Gasteiger partial charge < -0.3 is 0 Å². The zero-order chi connectivity index (χ0) is 85.0. The lowest BCUT2D eigenvalue weighted by atomic mass is 10.0. The van der Waals surface area contributed by atoms with Crippen molar-refractivity contribution in [3.63, 3.8) is 0 Å². The van der Waals surface area contributed by atoms with Crippen LogP contribution in [0.1, 0.15) is 5.56 Å². The number of nitriles is 1. The van der Waals surface area contributed by atoms with Gasteiger partial charge in [0, 0.05) is 41.8 Å². The van der Waals surface area contributed by atoms with Gasteiger partial charge in [-0.1, -0.05) is 163 Å². The second kappa shape index (κ2) is 32.1. The summed E-state index contributed by atoms with van der Waals surface area (Å²) in [7, 11) is 12.4. The molecule has 0 radical (unpaired) electrons. The molecule has 0 aliphatic carbocycles. The van der Waals surface area contributed by atoms with Crippen molar-refractivity contribution in [1.82, 2.24) is 51.5 Å². The quantitative estimate of drug-likeness (QED) is 0.119. The SMILES string of the molecule is C[n+]1cn(-c2cc(-c3ccccc3)cc(-n3c[n+](C)c4ccccc43)c2)c2ccccc21.C[n+]1cn(-c2cccc(-n3c[n+](C)c4nc5ccccc5cc43)c2)c2ccccc21.C[n+]1cn(-c2cccc(-n3c[n+](C)c4ncccc43)c2)c2cccnc21.N#Cc1cc(-n2c[n+](-c3ccccc3)c3ccccc32)cc(-n2c[n+](-c3ccccc3)c3ccccc32)c1. The topological polar surface area (TPSA) is 133 Å². The second-order valence-corrected chi connectivity index (χ2v) is 31.6. The van der Waals surface area contributed by atoms with Gasteiger partial charge in [0.15, 0.2) is 90.7 Å². The highest BCUT2D eigenvalue weighted by Gasteiger charge is 2.28. The minimum atomic E-state index is 0.602. The van der Waals surface area contributed by atoms with E-state index < -0.39 is 0 Å². The van der Waals surface area contributed by atoms with Crippen LogP contribution in [0.3, 0.4) is 0 Å². The molecule has 0 saturated carbocycles. The molecule has 20 nitrogen and oxygen atoms in total. The Kier molecular flexibility index (Phi) is 19.4. The number of rotatable bonds is 11. The fourth-order valence-electron chi connectivity index (χ4n) is 17.5. The molecule has 11 aromatic heterocycles. The number of fused-ring (bicyclic) bond motifs is 9. The minimum absolute atomic E-state index is 0.602. The van der Waals surface area contributed by atoms with Crippen LogP contribution in [0, 0.1) is 11.3 Å². The number of hydrogen-bond acceptors (Lipinski definition) is 4. The van der Waals surface area contributed by atoms with E-state index in [4.69, 9.17) is 4.98 Å². The largest absolute Gasteiger partial charge is 0.302 e. The number of imidazole rings is 8. The van der Waals surface area contributed by atoms with Crippen molar-refractivity contribution >= 4 is 99.6 Å². The smallest absolute Gasteiger partial charge is 0.236 e. The molecule has 0 bridgehead atoms. The Morgan fingerprint density at radius 3 is 0.992 bits per heavy atom. The first-order chi connectivity index (χ1) is 61.9. The minimum Gasteiger partial charge on any atom is -0.236 e. The van der Waals surface area contributed by atoms with E-state index in [1.54, 1.807) is 0 Å². The summed E-state index contributed by atoms with van der Waals surface area (Å²) in [6, 6.07) is 124. The van der Waals surface area contributed by atoms with Gasteiger partial charge in [-0.2, -0.15) is 37.2 Å². The molecular formula is C106H86N20+8. The van der Waals surface area contributed by atoms with Gasteiger partial charge in [-0.25, -0.2) is 41.1 Å². The highest BCUT2D eigenvalue weighted by molar-refractivity contribution is 5.90. The van der Waals surface area contributed by atoms with Gasteiger partial charge in [-0.15, -0.1) is 9.97 Å². The molecule has 0 aliphatic heterocycles. The van der Waals surface area contributed by atoms with E-state index in [2.05, 4.69) is 425 Å². The van der Waals surface area contributed by atoms with Gasteiger partial charge in [0.05, 0.1) is 53.9 Å². The summed E-state index contributed by atoms with van der Waals surface area (Å²) in [5.41, 5.74) is 32.4. The first kappa shape index (κ1) is 76.2. The molecule has 0 fully saturated rings. The molecule has 0 atom stereocenters. The van der Waals surface area contributed by atoms with Gasteiger partial charge in [0.1, 0.15) is 74.8 Å². The first-order valence-corrected chi connectivity index (χ1v) is 41.8. The molecule has 602 valence electrons. The van der Waals surface area contributed by atoms with E-state index in [1.807, 2.05) is 122 Å². The van der Waals surface area contributed by atoms with Crippen molar-refractivity contribution in [3.05, 3.63) is 420 Å². The maximum absolute atomic E-state index is 9.99. The lowest BCUT2D eigenvalue weighted by Gasteiger charge is -2.07. The Labute approximate surface area is 725 Å². The van der Waals surface area contributed by atoms with Crippen LogP contribution in [0.15, 0.2) is 415 Å². The number of hydrogen-bond donors (Lipinski definition) is 0. The molecule has 24 aromatic rings. The zero-order valence-electron chi connectivity index (χ0n) is 70.2. The van der Waals surface area contributed by atoms with Gasteiger partial charge in [0.25, 0.3) is 12.7 Å². The van der Waals surface area contributed by atoms with E-state index in [0.29, 0.717) is 5.56 Å². The maximum Gasteiger partial charge on any atom is 0.302 e. The summed E-state index contributed by atoms with van der Waals surface area (Å²) in [4.78, 5) is 13.8. The number of aryl methyl sites for hydroxylation is 6. The van der Waals surface area contributed by atoms with Crippen LogP contribution >= 0.6 is 0 Å². The molecule has 0 N–H and O–H groups in total. The number of benzene rings is 13. The Hall–Kier alpha value is -17.2. The summed E-state index contributed by atoms with van der Waals surface area (Å²) in [5, 5.41) is 11.1. The lowest BCUT2D eigenvalue weighted by Crippen LogP contribution is -2.28. The molecule has 0 saturated heterocycles. The Bertz CT molecular complexity index is 8010. The molecule has 11 heterocycles. The maximum atomic E-state index is 9.99. The second-order valence-electron chi connectivity index (χ2n) is 31.6. The number of pyridine rings is 3. The van der Waals surface area contributed by atoms with E-state index in [-0.39, 0.29) is 0 Å². The average molecular weight is 1640 g/mol. The van der Waals surface area contributed by atoms with Crippen LogP contribution in [0.4, 0.5) is 0 Å². The van der Waals surface area contributed by atoms with Crippen LogP contribution in [0.25, 0.3) is 168 Å². The lowest BCUT2D eigenvalue weighted by molar-refractivity contribution is -0.647. The van der Waals surface area contributed by atoms with Crippen LogP contribution in [-0.2, 0) is 42.3 Å². The molecule has 20 heteroatoms. The van der Waals surface area contributed by atoms with Crippen molar-refractivity contribution in [2.75, 3.05) is 0 Å².